The molecule has 0 aromatic heterocycles. The number of hydrogen-bond acceptors (Lipinski definition) is 4. The standard InChI is InChI=1S/C26H22N2O6/c1-3-15-5-9-17(10-6-15)27-23(29)19-13-22(26(33)34)20(14-21(19)25(31)32)24(30)28-18-11-7-16(4-2)8-12-18/h1-2,5-12,19-22H,13-14H2,(H,27,29)(H,28,30)(H,31,32)(H,33,34). The zero-order valence-corrected chi connectivity index (χ0v) is 18.0. The van der Waals surface area contributed by atoms with E-state index in [0.29, 0.717) is 22.5 Å². The molecular weight excluding hydrogens is 436 g/mol. The molecule has 0 bridgehead atoms. The van der Waals surface area contributed by atoms with Crippen LogP contribution in [-0.4, -0.2) is 34.0 Å². The number of hydrogen-bond donors (Lipinski definition) is 4. The topological polar surface area (TPSA) is 133 Å². The van der Waals surface area contributed by atoms with Gasteiger partial charge in [-0.1, -0.05) is 11.8 Å². The molecule has 8 heteroatoms. The number of terminal acetylenes is 2. The van der Waals surface area contributed by atoms with Crippen molar-refractivity contribution in [1.29, 1.82) is 0 Å². The van der Waals surface area contributed by atoms with E-state index >= 15 is 0 Å². The van der Waals surface area contributed by atoms with E-state index in [1.807, 2.05) is 0 Å². The summed E-state index contributed by atoms with van der Waals surface area (Å²) in [6.07, 6.45) is 10.0. The van der Waals surface area contributed by atoms with Gasteiger partial charge in [0.25, 0.3) is 0 Å². The molecule has 0 heterocycles. The Labute approximate surface area is 196 Å². The van der Waals surface area contributed by atoms with Gasteiger partial charge in [0, 0.05) is 22.5 Å². The summed E-state index contributed by atoms with van der Waals surface area (Å²) < 4.78 is 0. The minimum absolute atomic E-state index is 0.297. The third-order valence-corrected chi connectivity index (χ3v) is 5.93. The third kappa shape index (κ3) is 5.43. The first-order chi connectivity index (χ1) is 16.2. The fourth-order valence-corrected chi connectivity index (χ4v) is 4.10. The predicted molar refractivity (Wildman–Crippen MR) is 124 cm³/mol. The van der Waals surface area contributed by atoms with Gasteiger partial charge in [0.1, 0.15) is 0 Å². The molecule has 2 aromatic rings. The van der Waals surface area contributed by atoms with E-state index in [1.165, 1.54) is 0 Å². The van der Waals surface area contributed by atoms with Gasteiger partial charge in [-0.15, -0.1) is 12.8 Å². The molecule has 4 N–H and O–H groups in total. The summed E-state index contributed by atoms with van der Waals surface area (Å²) in [5.41, 5.74) is 2.01. The highest BCUT2D eigenvalue weighted by Crippen LogP contribution is 2.40. The van der Waals surface area contributed by atoms with E-state index < -0.39 is 47.4 Å². The van der Waals surface area contributed by atoms with E-state index in [0.717, 1.165) is 0 Å². The molecule has 0 saturated heterocycles. The lowest BCUT2D eigenvalue weighted by molar-refractivity contribution is -0.158. The molecule has 1 saturated carbocycles. The van der Waals surface area contributed by atoms with Gasteiger partial charge in [-0.2, -0.15) is 0 Å². The van der Waals surface area contributed by atoms with E-state index in [4.69, 9.17) is 12.8 Å². The SMILES string of the molecule is C#Cc1ccc(NC(=O)C2CC(C(=O)O)C(C(=O)Nc3ccc(C#C)cc3)CC2C(=O)O)cc1. The first kappa shape index (κ1) is 24.1. The second-order valence-electron chi connectivity index (χ2n) is 8.00. The van der Waals surface area contributed by atoms with Crippen LogP contribution in [0, 0.1) is 48.4 Å². The van der Waals surface area contributed by atoms with Crippen molar-refractivity contribution < 1.29 is 29.4 Å². The summed E-state index contributed by atoms with van der Waals surface area (Å²) >= 11 is 0. The minimum Gasteiger partial charge on any atom is -0.481 e. The number of anilines is 2. The Kier molecular flexibility index (Phi) is 7.35. The number of carbonyl (C=O) groups excluding carboxylic acids is 2. The van der Waals surface area contributed by atoms with Crippen molar-refractivity contribution >= 4 is 35.1 Å². The van der Waals surface area contributed by atoms with Crippen LogP contribution in [0.2, 0.25) is 0 Å². The predicted octanol–water partition coefficient (Wildman–Crippen LogP) is 2.65. The summed E-state index contributed by atoms with van der Waals surface area (Å²) in [5.74, 6) is -3.65. The van der Waals surface area contributed by atoms with E-state index in [1.54, 1.807) is 48.5 Å². The van der Waals surface area contributed by atoms with Crippen molar-refractivity contribution in [2.75, 3.05) is 10.6 Å². The average molecular weight is 458 g/mol. The summed E-state index contributed by atoms with van der Waals surface area (Å²) in [6.45, 7) is 0. The molecular formula is C26H22N2O6. The molecule has 4 unspecified atom stereocenters. The van der Waals surface area contributed by atoms with Crippen LogP contribution in [-0.2, 0) is 19.2 Å². The quantitative estimate of drug-likeness (QED) is 0.492. The maximum Gasteiger partial charge on any atom is 0.307 e. The third-order valence-electron chi connectivity index (χ3n) is 5.93. The molecule has 34 heavy (non-hydrogen) atoms. The molecule has 3 rings (SSSR count). The molecule has 2 amide bonds. The maximum atomic E-state index is 12.9. The monoisotopic (exact) mass is 458 g/mol. The van der Waals surface area contributed by atoms with Crippen LogP contribution in [0.15, 0.2) is 48.5 Å². The second kappa shape index (κ2) is 10.4. The zero-order valence-electron chi connectivity index (χ0n) is 18.0. The number of nitrogens with one attached hydrogen (secondary N) is 2. The number of rotatable bonds is 6. The molecule has 1 aliphatic rings. The van der Waals surface area contributed by atoms with Gasteiger partial charge in [0.15, 0.2) is 0 Å². The van der Waals surface area contributed by atoms with Crippen molar-refractivity contribution in [3.63, 3.8) is 0 Å². The average Bonchev–Trinajstić information content (AvgIpc) is 2.83. The molecule has 8 nitrogen and oxygen atoms in total. The molecule has 0 spiro atoms. The van der Waals surface area contributed by atoms with Gasteiger partial charge in [-0.25, -0.2) is 0 Å². The van der Waals surface area contributed by atoms with Gasteiger partial charge in [-0.05, 0) is 61.4 Å². The molecule has 2 aromatic carbocycles. The molecule has 1 fully saturated rings. The van der Waals surface area contributed by atoms with E-state index in [9.17, 15) is 29.4 Å². The van der Waals surface area contributed by atoms with Crippen LogP contribution in [0.25, 0.3) is 0 Å². The lowest BCUT2D eigenvalue weighted by Crippen LogP contribution is -2.47. The van der Waals surface area contributed by atoms with Crippen molar-refractivity contribution in [3.05, 3.63) is 59.7 Å². The number of carboxylic acid groups (broad SMARTS) is 2. The van der Waals surface area contributed by atoms with Crippen LogP contribution in [0.5, 0.6) is 0 Å². The number of carboxylic acids is 2. The zero-order chi connectivity index (χ0) is 24.8. The molecule has 172 valence electrons. The van der Waals surface area contributed by atoms with Crippen molar-refractivity contribution in [2.45, 2.75) is 12.8 Å². The fourth-order valence-electron chi connectivity index (χ4n) is 4.10. The molecule has 0 radical (unpaired) electrons. The molecule has 0 aliphatic heterocycles. The van der Waals surface area contributed by atoms with Crippen LogP contribution in [0.1, 0.15) is 24.0 Å². The van der Waals surface area contributed by atoms with Gasteiger partial charge >= 0.3 is 11.9 Å². The smallest absolute Gasteiger partial charge is 0.307 e. The van der Waals surface area contributed by atoms with Crippen molar-refractivity contribution in [2.24, 2.45) is 23.7 Å². The summed E-state index contributed by atoms with van der Waals surface area (Å²) in [6, 6.07) is 12.7. The van der Waals surface area contributed by atoms with Gasteiger partial charge < -0.3 is 20.8 Å². The molecule has 4 atom stereocenters. The van der Waals surface area contributed by atoms with Gasteiger partial charge in [-0.3, -0.25) is 19.2 Å². The lowest BCUT2D eigenvalue weighted by atomic mass is 9.67. The largest absolute Gasteiger partial charge is 0.481 e. The number of amides is 2. The number of carbonyl (C=O) groups is 4. The summed E-state index contributed by atoms with van der Waals surface area (Å²) in [4.78, 5) is 49.8. The van der Waals surface area contributed by atoms with Gasteiger partial charge in [0.2, 0.25) is 11.8 Å². The first-order valence-electron chi connectivity index (χ1n) is 10.4. The maximum absolute atomic E-state index is 12.9. The van der Waals surface area contributed by atoms with E-state index in [-0.39, 0.29) is 12.8 Å². The summed E-state index contributed by atoms with van der Waals surface area (Å²) in [7, 11) is 0. The highest BCUT2D eigenvalue weighted by molar-refractivity contribution is 5.99. The Hall–Kier alpha value is -4.56. The van der Waals surface area contributed by atoms with Crippen molar-refractivity contribution in [1.82, 2.24) is 0 Å². The first-order valence-corrected chi connectivity index (χ1v) is 10.4. The molecule has 1 aliphatic carbocycles. The minimum atomic E-state index is -1.28. The number of benzene rings is 2. The Morgan fingerprint density at radius 2 is 0.971 bits per heavy atom. The van der Waals surface area contributed by atoms with E-state index in [2.05, 4.69) is 22.5 Å². The van der Waals surface area contributed by atoms with Crippen LogP contribution >= 0.6 is 0 Å². The Morgan fingerprint density at radius 3 is 1.24 bits per heavy atom. The fraction of sp³-hybridized carbons (Fsp3) is 0.231. The highest BCUT2D eigenvalue weighted by atomic mass is 16.4. The Morgan fingerprint density at radius 1 is 0.647 bits per heavy atom. The Balaban J connectivity index is 1.79. The number of aliphatic carboxylic acids is 2. The van der Waals surface area contributed by atoms with Crippen LogP contribution < -0.4 is 10.6 Å². The summed E-state index contributed by atoms with van der Waals surface area (Å²) in [5, 5.41) is 24.8. The Bertz CT molecular complexity index is 1090. The lowest BCUT2D eigenvalue weighted by Gasteiger charge is -2.36. The normalized spacial score (nSPS) is 21.4. The van der Waals surface area contributed by atoms with Gasteiger partial charge in [0.05, 0.1) is 23.7 Å². The van der Waals surface area contributed by atoms with Crippen molar-refractivity contribution in [3.8, 4) is 24.7 Å². The van der Waals surface area contributed by atoms with Crippen LogP contribution in [0.3, 0.4) is 0 Å². The second-order valence-corrected chi connectivity index (χ2v) is 8.00. The highest BCUT2D eigenvalue weighted by Gasteiger charge is 2.49. The van der Waals surface area contributed by atoms with Crippen LogP contribution in [0.4, 0.5) is 11.4 Å².